The lowest BCUT2D eigenvalue weighted by atomic mass is 9.94. The molecule has 0 bridgehead atoms. The number of aromatic nitrogens is 1. The largest absolute Gasteiger partial charge is 0.377 e. The molecule has 1 heterocycles. The quantitative estimate of drug-likeness (QED) is 0.630. The van der Waals surface area contributed by atoms with Gasteiger partial charge in [0.2, 0.25) is 11.6 Å². The highest BCUT2D eigenvalue weighted by Gasteiger charge is 2.26. The van der Waals surface area contributed by atoms with Gasteiger partial charge in [-0.2, -0.15) is 0 Å². The van der Waals surface area contributed by atoms with Crippen molar-refractivity contribution in [1.29, 1.82) is 0 Å². The van der Waals surface area contributed by atoms with E-state index in [-0.39, 0.29) is 0 Å². The fourth-order valence-electron chi connectivity index (χ4n) is 1.57. The lowest BCUT2D eigenvalue weighted by Gasteiger charge is -2.21. The van der Waals surface area contributed by atoms with E-state index in [1.807, 2.05) is 14.1 Å². The number of hydrogen-bond donors (Lipinski definition) is 0. The third kappa shape index (κ3) is 1.44. The molecule has 4 nitrogen and oxygen atoms in total. The molecule has 0 saturated carbocycles. The maximum absolute atomic E-state index is 11.5. The lowest BCUT2D eigenvalue weighted by Crippen LogP contribution is -2.24. The van der Waals surface area contributed by atoms with Crippen LogP contribution in [0.4, 0.5) is 0 Å². The molecule has 0 unspecified atom stereocenters. The molecule has 0 fully saturated rings. The molecule has 4 heteroatoms. The summed E-state index contributed by atoms with van der Waals surface area (Å²) in [6, 6.07) is 1.58. The molecule has 0 amide bonds. The molecule has 0 N–H and O–H groups in total. The van der Waals surface area contributed by atoms with E-state index < -0.39 is 11.6 Å². The zero-order chi connectivity index (χ0) is 11.0. The number of fused-ring (bicyclic) bond motifs is 1. The molecule has 15 heavy (non-hydrogen) atoms. The van der Waals surface area contributed by atoms with E-state index in [1.165, 1.54) is 12.3 Å². The number of hydrogen-bond acceptors (Lipinski definition) is 4. The van der Waals surface area contributed by atoms with Gasteiger partial charge in [0.25, 0.3) is 0 Å². The monoisotopic (exact) mass is 202 g/mol. The third-order valence-corrected chi connectivity index (χ3v) is 2.32. The van der Waals surface area contributed by atoms with Crippen molar-refractivity contribution in [2.24, 2.45) is 0 Å². The van der Waals surface area contributed by atoms with Gasteiger partial charge in [0.1, 0.15) is 0 Å². The van der Waals surface area contributed by atoms with E-state index in [2.05, 4.69) is 4.98 Å². The first-order valence-electron chi connectivity index (χ1n) is 4.53. The van der Waals surface area contributed by atoms with Gasteiger partial charge < -0.3 is 4.90 Å². The SMILES string of the molecule is CN(C)C1=CC(=O)C(=O)c2ccncc21. The fraction of sp³-hybridized carbons (Fsp3) is 0.182. The Morgan fingerprint density at radius 1 is 1.20 bits per heavy atom. The molecule has 1 aromatic heterocycles. The van der Waals surface area contributed by atoms with Crippen molar-refractivity contribution in [3.63, 3.8) is 0 Å². The molecular formula is C11H10N2O2. The summed E-state index contributed by atoms with van der Waals surface area (Å²) in [5.41, 5.74) is 1.87. The zero-order valence-electron chi connectivity index (χ0n) is 8.52. The second kappa shape index (κ2) is 3.31. The summed E-state index contributed by atoms with van der Waals surface area (Å²) < 4.78 is 0. The minimum atomic E-state index is -0.475. The summed E-state index contributed by atoms with van der Waals surface area (Å²) >= 11 is 0. The van der Waals surface area contributed by atoms with Crippen molar-refractivity contribution in [3.8, 4) is 0 Å². The highest BCUT2D eigenvalue weighted by molar-refractivity contribution is 6.50. The predicted octanol–water partition coefficient (Wildman–Crippen LogP) is 0.750. The third-order valence-electron chi connectivity index (χ3n) is 2.32. The number of nitrogens with zero attached hydrogens (tertiary/aromatic N) is 2. The van der Waals surface area contributed by atoms with Gasteiger partial charge in [-0.3, -0.25) is 14.6 Å². The van der Waals surface area contributed by atoms with Crippen molar-refractivity contribution in [2.75, 3.05) is 14.1 Å². The molecule has 0 aliphatic heterocycles. The van der Waals surface area contributed by atoms with Gasteiger partial charge in [0.05, 0.1) is 0 Å². The van der Waals surface area contributed by atoms with Crippen LogP contribution >= 0.6 is 0 Å². The Balaban J connectivity index is 2.66. The number of rotatable bonds is 1. The first-order valence-corrected chi connectivity index (χ1v) is 4.53. The van der Waals surface area contributed by atoms with Crippen LogP contribution in [0.3, 0.4) is 0 Å². The molecule has 0 radical (unpaired) electrons. The smallest absolute Gasteiger partial charge is 0.233 e. The number of pyridine rings is 1. The van der Waals surface area contributed by atoms with Crippen molar-refractivity contribution in [2.45, 2.75) is 0 Å². The normalized spacial score (nSPS) is 14.7. The van der Waals surface area contributed by atoms with Gasteiger partial charge in [-0.1, -0.05) is 0 Å². The number of ketones is 2. The van der Waals surface area contributed by atoms with Crippen molar-refractivity contribution in [1.82, 2.24) is 9.88 Å². The van der Waals surface area contributed by atoms with Crippen LogP contribution in [-0.2, 0) is 4.79 Å². The topological polar surface area (TPSA) is 50.3 Å². The predicted molar refractivity (Wildman–Crippen MR) is 55.2 cm³/mol. The van der Waals surface area contributed by atoms with Gasteiger partial charge in [-0.15, -0.1) is 0 Å². The van der Waals surface area contributed by atoms with Crippen LogP contribution in [0.1, 0.15) is 15.9 Å². The highest BCUT2D eigenvalue weighted by Crippen LogP contribution is 2.24. The first kappa shape index (κ1) is 9.58. The number of Topliss-reactive ketones (excluding diaryl/α,β-unsaturated/α-hetero) is 1. The van der Waals surface area contributed by atoms with Crippen molar-refractivity contribution < 1.29 is 9.59 Å². The molecule has 0 aromatic carbocycles. The van der Waals surface area contributed by atoms with Crippen LogP contribution in [0.2, 0.25) is 0 Å². The van der Waals surface area contributed by atoms with Gasteiger partial charge in [0, 0.05) is 49.4 Å². The Labute approximate surface area is 87.2 Å². The van der Waals surface area contributed by atoms with Crippen molar-refractivity contribution in [3.05, 3.63) is 35.7 Å². The molecule has 1 aromatic rings. The number of allylic oxidation sites excluding steroid dienone is 1. The Morgan fingerprint density at radius 2 is 1.93 bits per heavy atom. The van der Waals surface area contributed by atoms with E-state index in [0.717, 1.165) is 5.70 Å². The van der Waals surface area contributed by atoms with Crippen LogP contribution in [0.15, 0.2) is 24.5 Å². The van der Waals surface area contributed by atoms with Gasteiger partial charge in [-0.25, -0.2) is 0 Å². The Bertz CT molecular complexity index is 475. The summed E-state index contributed by atoms with van der Waals surface area (Å²) in [7, 11) is 3.65. The minimum Gasteiger partial charge on any atom is -0.377 e. The maximum Gasteiger partial charge on any atom is 0.233 e. The summed E-state index contributed by atoms with van der Waals surface area (Å²) in [4.78, 5) is 28.7. The summed E-state index contributed by atoms with van der Waals surface area (Å²) in [6.45, 7) is 0. The second-order valence-electron chi connectivity index (χ2n) is 3.54. The molecule has 0 spiro atoms. The van der Waals surface area contributed by atoms with Crippen LogP contribution in [0, 0.1) is 0 Å². The average molecular weight is 202 g/mol. The highest BCUT2D eigenvalue weighted by atomic mass is 16.2. The first-order chi connectivity index (χ1) is 7.11. The van der Waals surface area contributed by atoms with E-state index in [9.17, 15) is 9.59 Å². The fourth-order valence-corrected chi connectivity index (χ4v) is 1.57. The van der Waals surface area contributed by atoms with Crippen LogP contribution in [0.25, 0.3) is 5.70 Å². The molecule has 0 saturated heterocycles. The number of carbonyl (C=O) groups excluding carboxylic acids is 2. The molecule has 2 rings (SSSR count). The lowest BCUT2D eigenvalue weighted by molar-refractivity contribution is -0.111. The molecule has 1 aliphatic rings. The van der Waals surface area contributed by atoms with E-state index in [0.29, 0.717) is 11.1 Å². The van der Waals surface area contributed by atoms with E-state index in [1.54, 1.807) is 17.2 Å². The van der Waals surface area contributed by atoms with Gasteiger partial charge in [0.15, 0.2) is 0 Å². The summed E-state index contributed by atoms with van der Waals surface area (Å²) in [6.07, 6.45) is 4.47. The van der Waals surface area contributed by atoms with Crippen LogP contribution < -0.4 is 0 Å². The van der Waals surface area contributed by atoms with E-state index in [4.69, 9.17) is 0 Å². The molecule has 0 atom stereocenters. The Hall–Kier alpha value is -1.97. The second-order valence-corrected chi connectivity index (χ2v) is 3.54. The Kier molecular flexibility index (Phi) is 2.11. The summed E-state index contributed by atoms with van der Waals surface area (Å²) in [5, 5.41) is 0. The molecular weight excluding hydrogens is 192 g/mol. The molecule has 76 valence electrons. The van der Waals surface area contributed by atoms with Crippen molar-refractivity contribution >= 4 is 17.3 Å². The Morgan fingerprint density at radius 3 is 2.60 bits per heavy atom. The molecule has 1 aliphatic carbocycles. The van der Waals surface area contributed by atoms with E-state index >= 15 is 0 Å². The average Bonchev–Trinajstić information content (AvgIpc) is 2.23. The van der Waals surface area contributed by atoms with Gasteiger partial charge >= 0.3 is 0 Å². The maximum atomic E-state index is 11.5. The van der Waals surface area contributed by atoms with Crippen LogP contribution in [0.5, 0.6) is 0 Å². The number of carbonyl (C=O) groups is 2. The van der Waals surface area contributed by atoms with Gasteiger partial charge in [-0.05, 0) is 6.07 Å². The minimum absolute atomic E-state index is 0.432. The standard InChI is InChI=1S/C11H10N2O2/c1-13(2)9-5-10(14)11(15)7-3-4-12-6-8(7)9/h3-6H,1-2H3. The zero-order valence-corrected chi connectivity index (χ0v) is 8.52. The van der Waals surface area contributed by atoms with Crippen LogP contribution in [-0.4, -0.2) is 35.5 Å². The summed E-state index contributed by atoms with van der Waals surface area (Å²) in [5.74, 6) is -0.935.